The zero-order valence-corrected chi connectivity index (χ0v) is 30.7. The Balaban J connectivity index is 1.49. The van der Waals surface area contributed by atoms with Crippen LogP contribution in [0.5, 0.6) is 0 Å². The molecule has 0 unspecified atom stereocenters. The quantitative estimate of drug-likeness (QED) is 0.289. The number of halogens is 1. The highest BCUT2D eigenvalue weighted by molar-refractivity contribution is 9.11. The summed E-state index contributed by atoms with van der Waals surface area (Å²) in [5.74, 6) is -4.13. The van der Waals surface area contributed by atoms with Gasteiger partial charge in [0.15, 0.2) is 0 Å². The lowest BCUT2D eigenvalue weighted by Gasteiger charge is -2.40. The molecule has 0 radical (unpaired) electrons. The summed E-state index contributed by atoms with van der Waals surface area (Å²) in [5, 5.41) is 13.8. The molecule has 2 N–H and O–H groups in total. The van der Waals surface area contributed by atoms with E-state index in [0.29, 0.717) is 22.9 Å². The molecule has 6 rings (SSSR count). The summed E-state index contributed by atoms with van der Waals surface area (Å²) in [7, 11) is 1.51. The van der Waals surface area contributed by atoms with E-state index in [9.17, 15) is 19.5 Å². The molecule has 2 aromatic carbocycles. The Bertz CT molecular complexity index is 1650. The smallest absolute Gasteiger partial charge is 0.313 e. The number of carbonyl (C=O) groups is 4. The van der Waals surface area contributed by atoms with Crippen LogP contribution in [0, 0.1) is 17.8 Å². The van der Waals surface area contributed by atoms with Gasteiger partial charge in [-0.3, -0.25) is 19.2 Å². The number of esters is 1. The number of benzene rings is 2. The summed E-state index contributed by atoms with van der Waals surface area (Å²) in [5.41, 5.74) is 0.0265. The van der Waals surface area contributed by atoms with Gasteiger partial charge in [-0.2, -0.15) is 0 Å². The van der Waals surface area contributed by atoms with Crippen LogP contribution in [-0.2, 0) is 39.9 Å². The van der Waals surface area contributed by atoms with Crippen LogP contribution in [0.2, 0.25) is 0 Å². The summed E-state index contributed by atoms with van der Waals surface area (Å²) in [6, 6.07) is 16.0. The van der Waals surface area contributed by atoms with Crippen molar-refractivity contribution in [2.24, 2.45) is 17.8 Å². The molecule has 3 amide bonds. The van der Waals surface area contributed by atoms with E-state index in [4.69, 9.17) is 14.2 Å². The van der Waals surface area contributed by atoms with Gasteiger partial charge in [-0.1, -0.05) is 109 Å². The third kappa shape index (κ3) is 7.03. The Labute approximate surface area is 307 Å². The van der Waals surface area contributed by atoms with Gasteiger partial charge < -0.3 is 34.4 Å². The number of hydrogen-bond acceptors (Lipinski definition) is 8. The van der Waals surface area contributed by atoms with E-state index < -0.39 is 59.6 Å². The number of methoxy groups -OCH3 is 1. The van der Waals surface area contributed by atoms with Crippen molar-refractivity contribution in [3.63, 3.8) is 0 Å². The third-order valence-electron chi connectivity index (χ3n) is 10.7. The number of nitrogens with zero attached hydrogens (tertiary/aromatic N) is 2. The highest BCUT2D eigenvalue weighted by Gasteiger charge is 2.75. The van der Waals surface area contributed by atoms with Crippen LogP contribution in [-0.4, -0.2) is 95.3 Å². The molecule has 1 spiro atoms. The van der Waals surface area contributed by atoms with Crippen LogP contribution in [0.1, 0.15) is 50.3 Å². The van der Waals surface area contributed by atoms with Crippen molar-refractivity contribution in [1.29, 1.82) is 0 Å². The first-order valence-electron chi connectivity index (χ1n) is 17.7. The van der Waals surface area contributed by atoms with Gasteiger partial charge in [-0.15, -0.1) is 0 Å². The zero-order valence-electron chi connectivity index (χ0n) is 29.2. The molecule has 2 saturated heterocycles. The molecule has 2 aromatic rings. The van der Waals surface area contributed by atoms with Crippen molar-refractivity contribution < 1.29 is 38.5 Å². The van der Waals surface area contributed by atoms with Gasteiger partial charge in [0.05, 0.1) is 31.2 Å². The summed E-state index contributed by atoms with van der Waals surface area (Å²) in [4.78, 5) is 61.0. The van der Waals surface area contributed by atoms with E-state index in [-0.39, 0.29) is 50.5 Å². The van der Waals surface area contributed by atoms with E-state index in [1.807, 2.05) is 86.7 Å². The fraction of sp³-hybridized carbons (Fsp3) is 0.487. The average Bonchev–Trinajstić information content (AvgIpc) is 3.73. The number of aliphatic hydroxyl groups excluding tert-OH is 1. The van der Waals surface area contributed by atoms with Crippen LogP contribution in [0.4, 0.5) is 0 Å². The number of fused-ring (bicyclic) bond motifs is 2. The predicted octanol–water partition coefficient (Wildman–Crippen LogP) is 4.06. The minimum atomic E-state index is -1.50. The fourth-order valence-corrected chi connectivity index (χ4v) is 8.75. The van der Waals surface area contributed by atoms with Gasteiger partial charge in [-0.05, 0) is 29.5 Å². The van der Waals surface area contributed by atoms with Gasteiger partial charge >= 0.3 is 5.97 Å². The van der Waals surface area contributed by atoms with E-state index in [2.05, 4.69) is 21.2 Å². The Morgan fingerprint density at radius 2 is 1.73 bits per heavy atom. The second-order valence-corrected chi connectivity index (χ2v) is 14.7. The van der Waals surface area contributed by atoms with Crippen LogP contribution in [0.15, 0.2) is 83.4 Å². The van der Waals surface area contributed by atoms with Crippen LogP contribution in [0.3, 0.4) is 0 Å². The highest BCUT2D eigenvalue weighted by atomic mass is 79.9. The molecule has 11 nitrogen and oxygen atoms in total. The van der Waals surface area contributed by atoms with Crippen LogP contribution < -0.4 is 5.32 Å². The normalized spacial score (nSPS) is 31.5. The van der Waals surface area contributed by atoms with Gasteiger partial charge in [0, 0.05) is 31.1 Å². The van der Waals surface area contributed by atoms with E-state index in [1.54, 1.807) is 11.0 Å². The molecular formula is C39H46BrN3O8. The number of ether oxygens (including phenoxy) is 3. The number of carbonyl (C=O) groups excluding carboxylic acids is 4. The van der Waals surface area contributed by atoms with E-state index in [1.165, 1.54) is 12.0 Å². The SMILES string of the molecule is CC[C@H](C)[C@H](CO)N1C(=O)[C@H]2[C@@H]3C(=O)O[C@H](c4ccccc4)[C@@H](COC)NC(=O)CC/C=C\CN(Cc4ccccc4)C(=O)[C@H]1[C@@]21C=C(Br)[C@@H]3O1. The summed E-state index contributed by atoms with van der Waals surface area (Å²) < 4.78 is 19.1. The predicted molar refractivity (Wildman–Crippen MR) is 192 cm³/mol. The zero-order chi connectivity index (χ0) is 36.3. The second kappa shape index (κ2) is 15.8. The number of rotatable bonds is 9. The summed E-state index contributed by atoms with van der Waals surface area (Å²) in [6.07, 6.45) is 4.86. The maximum atomic E-state index is 15.1. The summed E-state index contributed by atoms with van der Waals surface area (Å²) in [6.45, 7) is 4.04. The van der Waals surface area contributed by atoms with Crippen molar-refractivity contribution in [3.05, 3.63) is 94.5 Å². The Hall–Kier alpha value is -3.84. The Kier molecular flexibility index (Phi) is 11.5. The molecule has 0 saturated carbocycles. The standard InChI is InChI=1S/C39H46BrN3O8/c1-4-24(2)29(22-44)43-35-37(47)42(21-25-14-8-5-9-15-25)19-13-7-12-18-30(45)41-28(23-49-3)33(26-16-10-6-11-17-26)50-38(48)31-32(36(43)46)39(35)20-27(40)34(31)51-39/h5-11,13-17,20,24,28-29,31-35,44H,4,12,18-19,21-23H2,1-3H3,(H,41,45)/b13-7-/t24-,28+,29-,31-,32+,33+,34-,35-,39+/m0/s1. The number of hydrogen-bond donors (Lipinski definition) is 2. The fourth-order valence-electron chi connectivity index (χ4n) is 8.01. The maximum Gasteiger partial charge on any atom is 0.313 e. The first-order valence-corrected chi connectivity index (χ1v) is 18.4. The molecule has 2 fully saturated rings. The van der Waals surface area contributed by atoms with Gasteiger partial charge in [0.1, 0.15) is 29.8 Å². The van der Waals surface area contributed by atoms with Crippen molar-refractivity contribution >= 4 is 39.6 Å². The molecule has 4 heterocycles. The molecule has 4 aliphatic rings. The molecule has 0 aliphatic carbocycles. The van der Waals surface area contributed by atoms with Crippen LogP contribution in [0.25, 0.3) is 0 Å². The van der Waals surface area contributed by atoms with E-state index in [0.717, 1.165) is 5.56 Å². The third-order valence-corrected chi connectivity index (χ3v) is 11.4. The number of likely N-dealkylation sites (tertiary alicyclic amines) is 1. The lowest BCUT2D eigenvalue weighted by molar-refractivity contribution is -0.163. The maximum absolute atomic E-state index is 15.1. The average molecular weight is 765 g/mol. The second-order valence-electron chi connectivity index (χ2n) is 13.8. The number of aliphatic hydroxyl groups is 1. The van der Waals surface area contributed by atoms with Gasteiger partial charge in [-0.25, -0.2) is 0 Å². The highest BCUT2D eigenvalue weighted by Crippen LogP contribution is 2.59. The van der Waals surface area contributed by atoms with Crippen LogP contribution >= 0.6 is 15.9 Å². The topological polar surface area (TPSA) is 135 Å². The largest absolute Gasteiger partial charge is 0.455 e. The van der Waals surface area contributed by atoms with Crippen molar-refractivity contribution in [2.45, 2.75) is 75.6 Å². The number of nitrogens with one attached hydrogen (secondary N) is 1. The minimum absolute atomic E-state index is 0.0563. The molecule has 5 bridgehead atoms. The molecule has 12 heteroatoms. The van der Waals surface area contributed by atoms with Gasteiger partial charge in [0.2, 0.25) is 17.7 Å². The van der Waals surface area contributed by atoms with Crippen molar-refractivity contribution in [2.75, 3.05) is 26.9 Å². The number of allylic oxidation sites excluding steroid dienone is 1. The molecule has 4 aliphatic heterocycles. The Morgan fingerprint density at radius 3 is 2.39 bits per heavy atom. The molecule has 272 valence electrons. The number of amides is 3. The minimum Gasteiger partial charge on any atom is -0.455 e. The van der Waals surface area contributed by atoms with E-state index >= 15 is 4.79 Å². The van der Waals surface area contributed by atoms with Gasteiger partial charge in [0.25, 0.3) is 0 Å². The molecular weight excluding hydrogens is 718 g/mol. The van der Waals surface area contributed by atoms with Crippen molar-refractivity contribution in [3.8, 4) is 0 Å². The first-order chi connectivity index (χ1) is 24.6. The monoisotopic (exact) mass is 763 g/mol. The molecule has 51 heavy (non-hydrogen) atoms. The first kappa shape index (κ1) is 36.9. The lowest BCUT2D eigenvalue weighted by atomic mass is 9.74. The Morgan fingerprint density at radius 1 is 1.02 bits per heavy atom. The molecule has 0 aromatic heterocycles. The molecule has 9 atom stereocenters. The number of cyclic esters (lactones) is 1. The lowest BCUT2D eigenvalue weighted by Crippen LogP contribution is -2.59. The van der Waals surface area contributed by atoms with Crippen molar-refractivity contribution in [1.82, 2.24) is 15.1 Å². The summed E-state index contributed by atoms with van der Waals surface area (Å²) >= 11 is 3.62.